The van der Waals surface area contributed by atoms with Crippen molar-refractivity contribution in [2.75, 3.05) is 24.4 Å². The topological polar surface area (TPSA) is 132 Å². The molecule has 5 rings (SSSR count). The second kappa shape index (κ2) is 9.89. The van der Waals surface area contributed by atoms with Crippen LogP contribution in [0.1, 0.15) is 54.4 Å². The van der Waals surface area contributed by atoms with E-state index in [2.05, 4.69) is 28.0 Å². The summed E-state index contributed by atoms with van der Waals surface area (Å²) in [5.74, 6) is 1.66. The van der Waals surface area contributed by atoms with E-state index in [0.29, 0.717) is 42.3 Å². The van der Waals surface area contributed by atoms with Crippen LogP contribution >= 0.6 is 0 Å². The molecule has 1 amide bonds. The Balaban J connectivity index is 1.28. The minimum atomic E-state index is -3.86. The molecule has 0 aliphatic carbocycles. The molecule has 194 valence electrons. The summed E-state index contributed by atoms with van der Waals surface area (Å²) >= 11 is 0. The summed E-state index contributed by atoms with van der Waals surface area (Å²) in [6.07, 6.45) is 5.48. The molecule has 3 aromatic rings. The van der Waals surface area contributed by atoms with Crippen molar-refractivity contribution in [1.82, 2.24) is 14.5 Å². The van der Waals surface area contributed by atoms with E-state index < -0.39 is 10.2 Å². The summed E-state index contributed by atoms with van der Waals surface area (Å²) in [7, 11) is -3.86. The number of nitrogens with one attached hydrogen (secondary N) is 1. The lowest BCUT2D eigenvalue weighted by atomic mass is 9.98. The highest BCUT2D eigenvalue weighted by Gasteiger charge is 2.28. The number of benzene rings is 2. The number of anilines is 1. The fourth-order valence-corrected chi connectivity index (χ4v) is 5.71. The Labute approximate surface area is 216 Å². The lowest BCUT2D eigenvalue weighted by molar-refractivity contribution is 0.0633. The van der Waals surface area contributed by atoms with Gasteiger partial charge in [-0.25, -0.2) is 4.98 Å². The van der Waals surface area contributed by atoms with Crippen LogP contribution in [0.2, 0.25) is 0 Å². The van der Waals surface area contributed by atoms with E-state index in [1.165, 1.54) is 0 Å². The monoisotopic (exact) mass is 522 g/mol. The number of carbonyl (C=O) groups excluding carboxylic acids is 1. The van der Waals surface area contributed by atoms with E-state index in [1.807, 2.05) is 39.9 Å². The molecule has 1 atom stereocenters. The number of carbonyl (C=O) groups is 1. The lowest BCUT2D eigenvalue weighted by Gasteiger charge is -2.33. The van der Waals surface area contributed by atoms with E-state index in [4.69, 9.17) is 10.5 Å². The highest BCUT2D eigenvalue weighted by Crippen LogP contribution is 2.31. The zero-order chi connectivity index (χ0) is 26.2. The van der Waals surface area contributed by atoms with Crippen molar-refractivity contribution < 1.29 is 17.9 Å². The number of nitrogens with two attached hydrogens (primary N) is 1. The van der Waals surface area contributed by atoms with Gasteiger partial charge in [0.1, 0.15) is 11.6 Å². The standard InChI is InChI=1S/C26H30N6O4S/c1-17(2)25-28-11-13-32(25)20-8-3-7-19(14-20)26(33)31-12-5-6-18(15-31)16-36-22-10-4-9-21-23(22)24(27)30-37(34,35)29-21/h3-4,7-11,13-14,17-18,29H,5-6,12,15-16H2,1-2H3,(H2,27,30)/t18-/m0/s1. The number of ether oxygens (including phenoxy) is 1. The molecular weight excluding hydrogens is 492 g/mol. The van der Waals surface area contributed by atoms with Crippen LogP contribution < -0.4 is 15.2 Å². The van der Waals surface area contributed by atoms with Gasteiger partial charge in [0.2, 0.25) is 0 Å². The third-order valence-corrected chi connectivity index (χ3v) is 7.49. The number of hydrogen-bond donors (Lipinski definition) is 2. The van der Waals surface area contributed by atoms with Gasteiger partial charge >= 0.3 is 10.2 Å². The molecule has 2 aromatic carbocycles. The van der Waals surface area contributed by atoms with Gasteiger partial charge in [0.15, 0.2) is 5.84 Å². The lowest BCUT2D eigenvalue weighted by Crippen LogP contribution is -2.41. The van der Waals surface area contributed by atoms with E-state index in [1.54, 1.807) is 24.4 Å². The van der Waals surface area contributed by atoms with Crippen molar-refractivity contribution in [2.24, 2.45) is 16.0 Å². The van der Waals surface area contributed by atoms with Crippen molar-refractivity contribution >= 4 is 27.6 Å². The summed E-state index contributed by atoms with van der Waals surface area (Å²) < 4.78 is 37.7. The van der Waals surface area contributed by atoms with Crippen molar-refractivity contribution in [3.63, 3.8) is 0 Å². The number of rotatable bonds is 6. The van der Waals surface area contributed by atoms with Gasteiger partial charge in [0.25, 0.3) is 5.91 Å². The van der Waals surface area contributed by atoms with E-state index in [9.17, 15) is 13.2 Å². The number of nitrogens with zero attached hydrogens (tertiary/aromatic N) is 4. The molecule has 2 aliphatic rings. The predicted octanol–water partition coefficient (Wildman–Crippen LogP) is 3.30. The maximum Gasteiger partial charge on any atom is 0.344 e. The first-order valence-corrected chi connectivity index (χ1v) is 13.7. The Hall–Kier alpha value is -3.86. The van der Waals surface area contributed by atoms with Crippen LogP contribution in [0.5, 0.6) is 5.75 Å². The third-order valence-electron chi connectivity index (χ3n) is 6.58. The van der Waals surface area contributed by atoms with Crippen LogP contribution in [0, 0.1) is 5.92 Å². The number of imidazole rings is 1. The van der Waals surface area contributed by atoms with Crippen LogP contribution in [0.4, 0.5) is 5.69 Å². The number of likely N-dealkylation sites (tertiary alicyclic amines) is 1. The van der Waals surface area contributed by atoms with Crippen LogP contribution in [0.3, 0.4) is 0 Å². The second-order valence-corrected chi connectivity index (χ2v) is 11.0. The number of amidine groups is 1. The highest BCUT2D eigenvalue weighted by atomic mass is 32.2. The molecule has 37 heavy (non-hydrogen) atoms. The second-order valence-electron chi connectivity index (χ2n) is 9.66. The zero-order valence-corrected chi connectivity index (χ0v) is 21.6. The average molecular weight is 523 g/mol. The first kappa shape index (κ1) is 24.8. The van der Waals surface area contributed by atoms with Gasteiger partial charge in [-0.3, -0.25) is 9.52 Å². The molecule has 3 heterocycles. The van der Waals surface area contributed by atoms with Crippen molar-refractivity contribution in [3.05, 3.63) is 71.8 Å². The van der Waals surface area contributed by atoms with Gasteiger partial charge in [0, 0.05) is 48.6 Å². The summed E-state index contributed by atoms with van der Waals surface area (Å²) in [6, 6.07) is 12.7. The van der Waals surface area contributed by atoms with E-state index in [0.717, 1.165) is 24.4 Å². The largest absolute Gasteiger partial charge is 0.492 e. The smallest absolute Gasteiger partial charge is 0.344 e. The molecule has 0 bridgehead atoms. The van der Waals surface area contributed by atoms with Gasteiger partial charge in [-0.1, -0.05) is 26.0 Å². The maximum atomic E-state index is 13.4. The first-order chi connectivity index (χ1) is 17.7. The van der Waals surface area contributed by atoms with Crippen LogP contribution in [-0.4, -0.2) is 54.3 Å². The van der Waals surface area contributed by atoms with Gasteiger partial charge in [-0.05, 0) is 43.2 Å². The molecule has 1 saturated heterocycles. The van der Waals surface area contributed by atoms with Crippen molar-refractivity contribution in [1.29, 1.82) is 0 Å². The SMILES string of the molecule is CC(C)c1nccn1-c1cccc(C(=O)N2CCC[C@H](COc3cccc4c3C(N)=NS(=O)(=O)N4)C2)c1. The number of hydrogen-bond acceptors (Lipinski definition) is 6. The Morgan fingerprint density at radius 1 is 1.24 bits per heavy atom. The molecular formula is C26H30N6O4S. The molecule has 0 saturated carbocycles. The van der Waals surface area contributed by atoms with Gasteiger partial charge in [-0.2, -0.15) is 8.42 Å². The van der Waals surface area contributed by atoms with Crippen LogP contribution in [-0.2, 0) is 10.2 Å². The number of piperidine rings is 1. The maximum absolute atomic E-state index is 13.4. The van der Waals surface area contributed by atoms with Crippen molar-refractivity contribution in [3.8, 4) is 11.4 Å². The fourth-order valence-electron chi connectivity index (χ4n) is 4.86. The molecule has 0 radical (unpaired) electrons. The summed E-state index contributed by atoms with van der Waals surface area (Å²) in [5.41, 5.74) is 8.23. The minimum Gasteiger partial charge on any atom is -0.492 e. The third kappa shape index (κ3) is 5.17. The Bertz CT molecular complexity index is 1460. The summed E-state index contributed by atoms with van der Waals surface area (Å²) in [6.45, 7) is 5.80. The molecule has 2 aliphatic heterocycles. The Morgan fingerprint density at radius 3 is 2.86 bits per heavy atom. The summed E-state index contributed by atoms with van der Waals surface area (Å²) in [5, 5.41) is 0. The van der Waals surface area contributed by atoms with E-state index >= 15 is 0 Å². The van der Waals surface area contributed by atoms with E-state index in [-0.39, 0.29) is 23.6 Å². The molecule has 1 fully saturated rings. The van der Waals surface area contributed by atoms with Gasteiger partial charge in [-0.15, -0.1) is 4.40 Å². The Morgan fingerprint density at radius 2 is 2.05 bits per heavy atom. The van der Waals surface area contributed by atoms with Crippen LogP contribution in [0.15, 0.2) is 59.3 Å². The fraction of sp³-hybridized carbons (Fsp3) is 0.346. The molecule has 0 spiro atoms. The molecule has 3 N–H and O–H groups in total. The summed E-state index contributed by atoms with van der Waals surface area (Å²) in [4.78, 5) is 19.7. The quantitative estimate of drug-likeness (QED) is 0.511. The number of fused-ring (bicyclic) bond motifs is 1. The Kier molecular flexibility index (Phi) is 6.63. The number of amides is 1. The molecule has 0 unspecified atom stereocenters. The minimum absolute atomic E-state index is 0.0133. The zero-order valence-electron chi connectivity index (χ0n) is 20.8. The average Bonchev–Trinajstić information content (AvgIpc) is 3.37. The van der Waals surface area contributed by atoms with Crippen LogP contribution in [0.25, 0.3) is 5.69 Å². The molecule has 11 heteroatoms. The number of aromatic nitrogens is 2. The van der Waals surface area contributed by atoms with Gasteiger partial charge in [0.05, 0.1) is 17.9 Å². The predicted molar refractivity (Wildman–Crippen MR) is 141 cm³/mol. The van der Waals surface area contributed by atoms with Gasteiger partial charge < -0.3 is 19.9 Å². The highest BCUT2D eigenvalue weighted by molar-refractivity contribution is 7.91. The molecule has 10 nitrogen and oxygen atoms in total. The van der Waals surface area contributed by atoms with Crippen molar-refractivity contribution in [2.45, 2.75) is 32.6 Å². The first-order valence-electron chi connectivity index (χ1n) is 12.3. The normalized spacial score (nSPS) is 18.6. The molecule has 1 aromatic heterocycles.